The maximum Gasteiger partial charge on any atom is 0.295 e. The zero-order chi connectivity index (χ0) is 22.7. The molecule has 1 saturated heterocycles. The van der Waals surface area contributed by atoms with Gasteiger partial charge in [0.1, 0.15) is 11.5 Å². The number of aliphatic hydroxyl groups excluding tert-OH is 1. The Kier molecular flexibility index (Phi) is 7.41. The van der Waals surface area contributed by atoms with E-state index in [0.29, 0.717) is 25.3 Å². The molecule has 1 aliphatic heterocycles. The van der Waals surface area contributed by atoms with Gasteiger partial charge in [-0.25, -0.2) is 0 Å². The number of methoxy groups -OCH3 is 1. The Morgan fingerprint density at radius 2 is 2.03 bits per heavy atom. The van der Waals surface area contributed by atoms with Gasteiger partial charge in [-0.3, -0.25) is 9.59 Å². The molecule has 0 radical (unpaired) electrons. The third-order valence-corrected chi connectivity index (χ3v) is 6.51. The minimum atomic E-state index is -0.723. The van der Waals surface area contributed by atoms with Gasteiger partial charge in [-0.15, -0.1) is 11.3 Å². The van der Waals surface area contributed by atoms with E-state index in [0.717, 1.165) is 10.4 Å². The number of nitrogens with zero attached hydrogens (tertiary/aromatic N) is 1. The van der Waals surface area contributed by atoms with E-state index in [1.54, 1.807) is 18.2 Å². The lowest BCUT2D eigenvalue weighted by Crippen LogP contribution is -2.31. The molecule has 6 nitrogen and oxygen atoms in total. The van der Waals surface area contributed by atoms with Crippen molar-refractivity contribution in [2.45, 2.75) is 39.3 Å². The lowest BCUT2D eigenvalue weighted by molar-refractivity contribution is -0.140. The molecule has 0 aliphatic carbocycles. The van der Waals surface area contributed by atoms with Crippen LogP contribution in [0, 0.1) is 6.92 Å². The summed E-state index contributed by atoms with van der Waals surface area (Å²) in [5.74, 6) is -1.18. The van der Waals surface area contributed by atoms with Crippen molar-refractivity contribution in [3.8, 4) is 5.75 Å². The number of carbonyl (C=O) groups excluding carboxylic acids is 2. The molecule has 166 valence electrons. The highest BCUT2D eigenvalue weighted by Gasteiger charge is 2.47. The summed E-state index contributed by atoms with van der Waals surface area (Å²) in [4.78, 5) is 28.3. The number of Topliss-reactive ketones (excluding diaryl/α,β-unsaturated/α-hetero) is 1. The summed E-state index contributed by atoms with van der Waals surface area (Å²) in [5.41, 5.74) is 1.24. The number of amides is 1. The van der Waals surface area contributed by atoms with Crippen LogP contribution in [0.3, 0.4) is 0 Å². The second-order valence-corrected chi connectivity index (χ2v) is 8.93. The Balaban J connectivity index is 2.07. The molecule has 1 aromatic heterocycles. The number of carbonyl (C=O) groups is 2. The Labute approximate surface area is 191 Å². The minimum absolute atomic E-state index is 0.0375. The van der Waals surface area contributed by atoms with Crippen LogP contribution in [0.5, 0.6) is 5.75 Å². The van der Waals surface area contributed by atoms with Crippen LogP contribution in [0.15, 0.2) is 35.2 Å². The van der Waals surface area contributed by atoms with Gasteiger partial charge in [-0.2, -0.15) is 0 Å². The number of aliphatic hydroxyl groups is 1. The predicted octanol–water partition coefficient (Wildman–Crippen LogP) is 4.96. The standard InChI is InChI=1S/C23H26ClNO5S/c1-13(2)30-10-5-9-25-19(22-14(3)8-11-31-22)18(21(27)23(25)28)20(26)16-12-15(29-4)6-7-17(16)24/h6-8,11-13,19,26H,5,9-10H2,1-4H3/b20-18+. The molecule has 8 heteroatoms. The van der Waals surface area contributed by atoms with Crippen LogP contribution in [0.4, 0.5) is 0 Å². The molecule has 31 heavy (non-hydrogen) atoms. The number of benzene rings is 1. The molecule has 1 amide bonds. The average molecular weight is 464 g/mol. The SMILES string of the molecule is COc1ccc(Cl)c(/C(O)=C2\C(=O)C(=O)N(CCCOC(C)C)C2c2sccc2C)c1. The van der Waals surface area contributed by atoms with Gasteiger partial charge in [0.05, 0.1) is 29.9 Å². The second-order valence-electron chi connectivity index (χ2n) is 7.58. The van der Waals surface area contributed by atoms with Crippen molar-refractivity contribution in [1.29, 1.82) is 0 Å². The van der Waals surface area contributed by atoms with Crippen molar-refractivity contribution in [1.82, 2.24) is 4.90 Å². The number of ether oxygens (including phenoxy) is 2. The fourth-order valence-electron chi connectivity index (χ4n) is 3.56. The van der Waals surface area contributed by atoms with Gasteiger partial charge < -0.3 is 19.5 Å². The molecule has 0 spiro atoms. The summed E-state index contributed by atoms with van der Waals surface area (Å²) in [6.45, 7) is 6.62. The van der Waals surface area contributed by atoms with Gasteiger partial charge in [0.2, 0.25) is 0 Å². The molecule has 0 saturated carbocycles. The summed E-state index contributed by atoms with van der Waals surface area (Å²) < 4.78 is 10.8. The molecule has 1 atom stereocenters. The molecule has 1 aromatic carbocycles. The van der Waals surface area contributed by atoms with E-state index in [1.807, 2.05) is 32.2 Å². The minimum Gasteiger partial charge on any atom is -0.507 e. The van der Waals surface area contributed by atoms with Crippen LogP contribution in [-0.2, 0) is 14.3 Å². The van der Waals surface area contributed by atoms with Crippen molar-refractivity contribution < 1.29 is 24.2 Å². The van der Waals surface area contributed by atoms with E-state index in [2.05, 4.69) is 0 Å². The summed E-state index contributed by atoms with van der Waals surface area (Å²) in [5, 5.41) is 13.3. The zero-order valence-electron chi connectivity index (χ0n) is 18.0. The first kappa shape index (κ1) is 23.3. The third kappa shape index (κ3) is 4.79. The Morgan fingerprint density at radius 3 is 2.65 bits per heavy atom. The Morgan fingerprint density at radius 1 is 1.29 bits per heavy atom. The van der Waals surface area contributed by atoms with E-state index in [4.69, 9.17) is 21.1 Å². The van der Waals surface area contributed by atoms with Crippen LogP contribution in [0.25, 0.3) is 5.76 Å². The van der Waals surface area contributed by atoms with Gasteiger partial charge in [0, 0.05) is 23.6 Å². The van der Waals surface area contributed by atoms with Crippen molar-refractivity contribution >= 4 is 40.4 Å². The largest absolute Gasteiger partial charge is 0.507 e. The summed E-state index contributed by atoms with van der Waals surface area (Å²) in [6.07, 6.45) is 0.660. The molecule has 3 rings (SSSR count). The molecule has 2 aromatic rings. The second kappa shape index (κ2) is 9.85. The molecule has 1 aliphatic rings. The lowest BCUT2D eigenvalue weighted by atomic mass is 9.98. The molecule has 0 bridgehead atoms. The number of ketones is 1. The van der Waals surface area contributed by atoms with Crippen LogP contribution < -0.4 is 4.74 Å². The van der Waals surface area contributed by atoms with Crippen LogP contribution >= 0.6 is 22.9 Å². The number of rotatable bonds is 8. The summed E-state index contributed by atoms with van der Waals surface area (Å²) in [6, 6.07) is 6.05. The Bertz CT molecular complexity index is 1010. The normalized spacial score (nSPS) is 18.3. The fourth-order valence-corrected chi connectivity index (χ4v) is 4.81. The number of likely N-dealkylation sites (tertiary alicyclic amines) is 1. The first-order valence-corrected chi connectivity index (χ1v) is 11.3. The van der Waals surface area contributed by atoms with Crippen molar-refractivity contribution in [2.24, 2.45) is 0 Å². The topological polar surface area (TPSA) is 76.1 Å². The quantitative estimate of drug-likeness (QED) is 0.259. The lowest BCUT2D eigenvalue weighted by Gasteiger charge is -2.25. The molecule has 1 N–H and O–H groups in total. The van der Waals surface area contributed by atoms with E-state index < -0.39 is 17.7 Å². The highest BCUT2D eigenvalue weighted by atomic mass is 35.5. The van der Waals surface area contributed by atoms with Crippen molar-refractivity contribution in [3.63, 3.8) is 0 Å². The van der Waals surface area contributed by atoms with Crippen LogP contribution in [0.2, 0.25) is 5.02 Å². The summed E-state index contributed by atoms with van der Waals surface area (Å²) in [7, 11) is 1.50. The molecule has 1 fully saturated rings. The molecular weight excluding hydrogens is 438 g/mol. The predicted molar refractivity (Wildman–Crippen MR) is 122 cm³/mol. The summed E-state index contributed by atoms with van der Waals surface area (Å²) >= 11 is 7.76. The van der Waals surface area contributed by atoms with Gasteiger partial charge in [-0.05, 0) is 62.4 Å². The highest BCUT2D eigenvalue weighted by molar-refractivity contribution is 7.10. The highest BCUT2D eigenvalue weighted by Crippen LogP contribution is 2.43. The van der Waals surface area contributed by atoms with E-state index >= 15 is 0 Å². The molecule has 2 heterocycles. The Hall–Kier alpha value is -2.35. The number of hydrogen-bond acceptors (Lipinski definition) is 6. The van der Waals surface area contributed by atoms with Gasteiger partial charge >= 0.3 is 0 Å². The number of halogens is 1. The monoisotopic (exact) mass is 463 g/mol. The first-order chi connectivity index (χ1) is 14.8. The van der Waals surface area contributed by atoms with Crippen LogP contribution in [-0.4, -0.2) is 48.1 Å². The van der Waals surface area contributed by atoms with Gasteiger partial charge in [0.15, 0.2) is 0 Å². The van der Waals surface area contributed by atoms with E-state index in [1.165, 1.54) is 23.3 Å². The zero-order valence-corrected chi connectivity index (χ0v) is 19.5. The number of hydrogen-bond donors (Lipinski definition) is 1. The van der Waals surface area contributed by atoms with Crippen molar-refractivity contribution in [3.05, 3.63) is 56.2 Å². The van der Waals surface area contributed by atoms with Crippen LogP contribution in [0.1, 0.15) is 42.3 Å². The van der Waals surface area contributed by atoms with Crippen molar-refractivity contribution in [2.75, 3.05) is 20.3 Å². The first-order valence-electron chi connectivity index (χ1n) is 10.0. The smallest absolute Gasteiger partial charge is 0.295 e. The van der Waals surface area contributed by atoms with E-state index in [9.17, 15) is 14.7 Å². The average Bonchev–Trinajstić information content (AvgIpc) is 3.26. The fraction of sp³-hybridized carbons (Fsp3) is 0.391. The number of thiophene rings is 1. The molecular formula is C23H26ClNO5S. The van der Waals surface area contributed by atoms with Gasteiger partial charge in [0.25, 0.3) is 11.7 Å². The number of aryl methyl sites for hydroxylation is 1. The molecule has 1 unspecified atom stereocenters. The maximum atomic E-state index is 13.0. The van der Waals surface area contributed by atoms with E-state index in [-0.39, 0.29) is 28.0 Å². The van der Waals surface area contributed by atoms with Gasteiger partial charge in [-0.1, -0.05) is 11.6 Å². The maximum absolute atomic E-state index is 13.0. The third-order valence-electron chi connectivity index (χ3n) is 5.11.